The highest BCUT2D eigenvalue weighted by Gasteiger charge is 2.10. The zero-order chi connectivity index (χ0) is 21.3. The summed E-state index contributed by atoms with van der Waals surface area (Å²) in [6, 6.07) is 17.7. The van der Waals surface area contributed by atoms with Gasteiger partial charge in [0.2, 0.25) is 0 Å². The van der Waals surface area contributed by atoms with E-state index < -0.39 is 0 Å². The summed E-state index contributed by atoms with van der Waals surface area (Å²) in [4.78, 5) is 26.1. The second-order valence-corrected chi connectivity index (χ2v) is 6.92. The Morgan fingerprint density at radius 3 is 2.50 bits per heavy atom. The monoisotopic (exact) mass is 404 g/mol. The van der Waals surface area contributed by atoms with Crippen LogP contribution < -0.4 is 10.6 Å². The topological polar surface area (TPSA) is 85.4 Å². The minimum absolute atomic E-state index is 0.0547. The van der Waals surface area contributed by atoms with E-state index in [1.54, 1.807) is 7.05 Å². The number of amides is 1. The number of benzene rings is 2. The lowest BCUT2D eigenvalue weighted by molar-refractivity contribution is 0.0956. The standard InChI is InChI=1S/C23H28N6O/c1-4-25-22(30)19-12-10-17(11-13-19)14-27-23(24-2)29(3)16-21-26-15-20(28-21)18-8-6-5-7-9-18/h5-13,15H,4,14,16H2,1-3H3,(H,24,27)(H,25,30)(H,26,28). The van der Waals surface area contributed by atoms with Gasteiger partial charge in [0, 0.05) is 32.7 Å². The van der Waals surface area contributed by atoms with Crippen molar-refractivity contribution in [1.29, 1.82) is 0 Å². The van der Waals surface area contributed by atoms with E-state index in [1.165, 1.54) is 0 Å². The quantitative estimate of drug-likeness (QED) is 0.417. The molecule has 7 nitrogen and oxygen atoms in total. The van der Waals surface area contributed by atoms with Gasteiger partial charge in [-0.05, 0) is 30.2 Å². The second-order valence-electron chi connectivity index (χ2n) is 6.92. The lowest BCUT2D eigenvalue weighted by atomic mass is 10.1. The van der Waals surface area contributed by atoms with Gasteiger partial charge in [-0.3, -0.25) is 9.79 Å². The SMILES string of the molecule is CCNC(=O)c1ccc(CNC(=NC)N(C)Cc2ncc(-c3ccccc3)[nH]2)cc1. The van der Waals surface area contributed by atoms with Crippen molar-refractivity contribution >= 4 is 11.9 Å². The molecule has 0 saturated heterocycles. The highest BCUT2D eigenvalue weighted by Crippen LogP contribution is 2.16. The molecule has 156 valence electrons. The molecule has 30 heavy (non-hydrogen) atoms. The first-order chi connectivity index (χ1) is 14.6. The third-order valence-electron chi connectivity index (χ3n) is 4.68. The van der Waals surface area contributed by atoms with Crippen molar-refractivity contribution in [2.75, 3.05) is 20.6 Å². The van der Waals surface area contributed by atoms with E-state index in [9.17, 15) is 4.79 Å². The molecule has 0 spiro atoms. The van der Waals surface area contributed by atoms with Gasteiger partial charge in [-0.2, -0.15) is 0 Å². The maximum atomic E-state index is 11.9. The number of rotatable bonds is 7. The van der Waals surface area contributed by atoms with Crippen LogP contribution >= 0.6 is 0 Å². The summed E-state index contributed by atoms with van der Waals surface area (Å²) in [5.41, 5.74) is 3.84. The van der Waals surface area contributed by atoms with Crippen molar-refractivity contribution in [3.05, 3.63) is 77.7 Å². The zero-order valence-corrected chi connectivity index (χ0v) is 17.6. The van der Waals surface area contributed by atoms with Crippen LogP contribution in [0.2, 0.25) is 0 Å². The van der Waals surface area contributed by atoms with Crippen LogP contribution in [0.15, 0.2) is 65.8 Å². The van der Waals surface area contributed by atoms with E-state index in [2.05, 4.69) is 37.7 Å². The average Bonchev–Trinajstić information content (AvgIpc) is 3.24. The summed E-state index contributed by atoms with van der Waals surface area (Å²) in [6.45, 7) is 3.74. The number of aromatic nitrogens is 2. The minimum atomic E-state index is -0.0547. The fourth-order valence-electron chi connectivity index (χ4n) is 3.11. The molecule has 2 aromatic carbocycles. The Morgan fingerprint density at radius 1 is 1.10 bits per heavy atom. The molecule has 1 heterocycles. The summed E-state index contributed by atoms with van der Waals surface area (Å²) in [5.74, 6) is 1.58. The first kappa shape index (κ1) is 21.1. The summed E-state index contributed by atoms with van der Waals surface area (Å²) in [6.07, 6.45) is 1.85. The maximum Gasteiger partial charge on any atom is 0.251 e. The predicted molar refractivity (Wildman–Crippen MR) is 120 cm³/mol. The number of aliphatic imine (C=N–C) groups is 1. The van der Waals surface area contributed by atoms with Gasteiger partial charge in [-0.1, -0.05) is 42.5 Å². The summed E-state index contributed by atoms with van der Waals surface area (Å²) in [7, 11) is 3.73. The molecule has 0 fully saturated rings. The number of hydrogen-bond acceptors (Lipinski definition) is 3. The first-order valence-corrected chi connectivity index (χ1v) is 9.99. The van der Waals surface area contributed by atoms with Crippen LogP contribution in [0.25, 0.3) is 11.3 Å². The Bertz CT molecular complexity index is 978. The largest absolute Gasteiger partial charge is 0.352 e. The van der Waals surface area contributed by atoms with E-state index in [0.29, 0.717) is 25.2 Å². The van der Waals surface area contributed by atoms with Gasteiger partial charge >= 0.3 is 0 Å². The van der Waals surface area contributed by atoms with Crippen LogP contribution in [-0.4, -0.2) is 47.4 Å². The maximum absolute atomic E-state index is 11.9. The fraction of sp³-hybridized carbons (Fsp3) is 0.261. The first-order valence-electron chi connectivity index (χ1n) is 9.99. The third-order valence-corrected chi connectivity index (χ3v) is 4.68. The molecular weight excluding hydrogens is 376 g/mol. The average molecular weight is 405 g/mol. The Labute approximate surface area is 177 Å². The molecule has 0 atom stereocenters. The number of carbonyl (C=O) groups excluding carboxylic acids is 1. The van der Waals surface area contributed by atoms with Gasteiger partial charge in [-0.15, -0.1) is 0 Å². The Balaban J connectivity index is 1.56. The molecular formula is C23H28N6O. The van der Waals surface area contributed by atoms with Crippen molar-refractivity contribution in [3.8, 4) is 11.3 Å². The predicted octanol–water partition coefficient (Wildman–Crippen LogP) is 3.03. The highest BCUT2D eigenvalue weighted by molar-refractivity contribution is 5.94. The van der Waals surface area contributed by atoms with Crippen LogP contribution in [0, 0.1) is 0 Å². The van der Waals surface area contributed by atoms with E-state index in [1.807, 2.05) is 67.5 Å². The van der Waals surface area contributed by atoms with E-state index in [-0.39, 0.29) is 5.91 Å². The zero-order valence-electron chi connectivity index (χ0n) is 17.6. The third kappa shape index (κ3) is 5.47. The fourth-order valence-corrected chi connectivity index (χ4v) is 3.11. The van der Waals surface area contributed by atoms with Gasteiger partial charge in [0.25, 0.3) is 5.91 Å². The molecule has 0 aliphatic carbocycles. The lowest BCUT2D eigenvalue weighted by Crippen LogP contribution is -2.38. The molecule has 3 aromatic rings. The van der Waals surface area contributed by atoms with Gasteiger partial charge < -0.3 is 20.5 Å². The van der Waals surface area contributed by atoms with Crippen molar-refractivity contribution in [2.24, 2.45) is 4.99 Å². The molecule has 1 aromatic heterocycles. The van der Waals surface area contributed by atoms with Crippen molar-refractivity contribution < 1.29 is 4.79 Å². The molecule has 0 aliphatic rings. The van der Waals surface area contributed by atoms with Gasteiger partial charge in [0.15, 0.2) is 5.96 Å². The van der Waals surface area contributed by atoms with Crippen LogP contribution in [0.1, 0.15) is 28.7 Å². The highest BCUT2D eigenvalue weighted by atomic mass is 16.1. The molecule has 0 saturated carbocycles. The van der Waals surface area contributed by atoms with E-state index in [0.717, 1.165) is 28.6 Å². The molecule has 0 bridgehead atoms. The van der Waals surface area contributed by atoms with Crippen LogP contribution in [-0.2, 0) is 13.1 Å². The Kier molecular flexibility index (Phi) is 7.21. The number of nitrogens with zero attached hydrogens (tertiary/aromatic N) is 3. The van der Waals surface area contributed by atoms with E-state index >= 15 is 0 Å². The summed E-state index contributed by atoms with van der Waals surface area (Å²) >= 11 is 0. The number of imidazole rings is 1. The number of carbonyl (C=O) groups is 1. The molecule has 1 amide bonds. The number of nitrogens with one attached hydrogen (secondary N) is 3. The Morgan fingerprint density at radius 2 is 1.83 bits per heavy atom. The van der Waals surface area contributed by atoms with Gasteiger partial charge in [0.1, 0.15) is 5.82 Å². The number of H-pyrrole nitrogens is 1. The van der Waals surface area contributed by atoms with Crippen molar-refractivity contribution in [2.45, 2.75) is 20.0 Å². The van der Waals surface area contributed by atoms with Gasteiger partial charge in [0.05, 0.1) is 18.4 Å². The molecule has 7 heteroatoms. The number of aromatic amines is 1. The minimum Gasteiger partial charge on any atom is -0.352 e. The molecule has 3 rings (SSSR count). The molecule has 0 unspecified atom stereocenters. The van der Waals surface area contributed by atoms with Crippen molar-refractivity contribution in [1.82, 2.24) is 25.5 Å². The number of guanidine groups is 1. The number of hydrogen-bond donors (Lipinski definition) is 3. The smallest absolute Gasteiger partial charge is 0.251 e. The van der Waals surface area contributed by atoms with Crippen LogP contribution in [0.5, 0.6) is 0 Å². The van der Waals surface area contributed by atoms with Gasteiger partial charge in [-0.25, -0.2) is 4.98 Å². The summed E-state index contributed by atoms with van der Waals surface area (Å²) in [5, 5.41) is 6.15. The molecule has 3 N–H and O–H groups in total. The Hall–Kier alpha value is -3.61. The normalized spacial score (nSPS) is 11.2. The second kappa shape index (κ2) is 10.2. The molecule has 0 aliphatic heterocycles. The van der Waals surface area contributed by atoms with Crippen LogP contribution in [0.4, 0.5) is 0 Å². The lowest BCUT2D eigenvalue weighted by Gasteiger charge is -2.21. The van der Waals surface area contributed by atoms with Crippen molar-refractivity contribution in [3.63, 3.8) is 0 Å². The summed E-state index contributed by atoms with van der Waals surface area (Å²) < 4.78 is 0. The van der Waals surface area contributed by atoms with E-state index in [4.69, 9.17) is 0 Å². The van der Waals surface area contributed by atoms with Crippen LogP contribution in [0.3, 0.4) is 0 Å². The molecule has 0 radical (unpaired) electrons.